The predicted octanol–water partition coefficient (Wildman–Crippen LogP) is 3.76. The Balaban J connectivity index is 3.45. The van der Waals surface area contributed by atoms with Gasteiger partial charge in [-0.15, -0.1) is 0 Å². The first-order valence-corrected chi connectivity index (χ1v) is 12.4. The van der Waals surface area contributed by atoms with Gasteiger partial charge in [0.05, 0.1) is 7.11 Å². The molecule has 0 aliphatic heterocycles. The third-order valence-corrected chi connectivity index (χ3v) is 5.37. The Kier molecular flexibility index (Phi) is 11.9. The summed E-state index contributed by atoms with van der Waals surface area (Å²) in [6.45, 7) is 14.4. The van der Waals surface area contributed by atoms with E-state index < -0.39 is 47.6 Å². The number of ether oxygens (including phenoxy) is 2. The molecule has 9 heteroatoms. The fourth-order valence-corrected chi connectivity index (χ4v) is 3.70. The zero-order chi connectivity index (χ0) is 27.6. The molecule has 1 rings (SSSR count). The molecule has 0 heterocycles. The molecule has 3 amide bonds. The number of esters is 1. The van der Waals surface area contributed by atoms with Gasteiger partial charge < -0.3 is 25.0 Å². The summed E-state index contributed by atoms with van der Waals surface area (Å²) in [7, 11) is 1.23. The van der Waals surface area contributed by atoms with Crippen LogP contribution in [0.15, 0.2) is 24.3 Å². The third kappa shape index (κ3) is 9.87. The first-order valence-electron chi connectivity index (χ1n) is 12.4. The normalized spacial score (nSPS) is 13.1. The minimum Gasteiger partial charge on any atom is -0.468 e. The van der Waals surface area contributed by atoms with Crippen molar-refractivity contribution in [3.05, 3.63) is 35.4 Å². The second kappa shape index (κ2) is 13.8. The molecule has 0 bridgehead atoms. The lowest BCUT2D eigenvalue weighted by atomic mass is 9.97. The second-order valence-corrected chi connectivity index (χ2v) is 10.5. The van der Waals surface area contributed by atoms with Gasteiger partial charge in [0.1, 0.15) is 24.2 Å². The molecule has 0 radical (unpaired) electrons. The van der Waals surface area contributed by atoms with Crippen LogP contribution in [0.25, 0.3) is 0 Å². The molecule has 0 aliphatic carbocycles. The van der Waals surface area contributed by atoms with Gasteiger partial charge in [0, 0.05) is 6.04 Å². The van der Waals surface area contributed by atoms with Crippen LogP contribution in [0.2, 0.25) is 0 Å². The second-order valence-electron chi connectivity index (χ2n) is 10.5. The van der Waals surface area contributed by atoms with E-state index in [2.05, 4.69) is 15.4 Å². The Morgan fingerprint density at radius 2 is 1.58 bits per heavy atom. The summed E-state index contributed by atoms with van der Waals surface area (Å²) in [5.41, 5.74) is 0.946. The smallest absolute Gasteiger partial charge is 0.408 e. The van der Waals surface area contributed by atoms with Gasteiger partial charge in [-0.05, 0) is 64.5 Å². The summed E-state index contributed by atoms with van der Waals surface area (Å²) in [5.74, 6) is -1.46. The van der Waals surface area contributed by atoms with E-state index in [1.807, 2.05) is 45.0 Å². The van der Waals surface area contributed by atoms with E-state index in [4.69, 9.17) is 4.74 Å². The van der Waals surface area contributed by atoms with Gasteiger partial charge in [-0.2, -0.15) is 0 Å². The van der Waals surface area contributed by atoms with Crippen LogP contribution in [0.4, 0.5) is 4.79 Å². The third-order valence-electron chi connectivity index (χ3n) is 5.37. The van der Waals surface area contributed by atoms with Gasteiger partial charge >= 0.3 is 12.1 Å². The molecule has 2 N–H and O–H groups in total. The van der Waals surface area contributed by atoms with E-state index in [0.717, 1.165) is 12.0 Å². The van der Waals surface area contributed by atoms with Crippen molar-refractivity contribution in [1.29, 1.82) is 0 Å². The van der Waals surface area contributed by atoms with Crippen molar-refractivity contribution in [2.75, 3.05) is 13.7 Å². The van der Waals surface area contributed by atoms with E-state index in [0.29, 0.717) is 12.0 Å². The number of aryl methyl sites for hydroxylation is 1. The Morgan fingerprint density at radius 3 is 2.03 bits per heavy atom. The first kappa shape index (κ1) is 30.9. The number of benzene rings is 1. The maximum atomic E-state index is 13.9. The van der Waals surface area contributed by atoms with Crippen molar-refractivity contribution >= 4 is 23.9 Å². The highest BCUT2D eigenvalue weighted by atomic mass is 16.6. The monoisotopic (exact) mass is 505 g/mol. The topological polar surface area (TPSA) is 114 Å². The number of hydrogen-bond acceptors (Lipinski definition) is 6. The fourth-order valence-electron chi connectivity index (χ4n) is 3.70. The zero-order valence-corrected chi connectivity index (χ0v) is 23.1. The predicted molar refractivity (Wildman–Crippen MR) is 138 cm³/mol. The SMILES string of the molecule is CCc1ccc(C(C(=O)NCC(=O)OC)N(C(=O)C(CC(C)C)NC(=O)OC(C)(C)C)C(C)C)cc1. The number of alkyl carbamates (subject to hydrolysis) is 1. The van der Waals surface area contributed by atoms with Gasteiger partial charge in [-0.25, -0.2) is 4.79 Å². The highest BCUT2D eigenvalue weighted by molar-refractivity contribution is 5.93. The van der Waals surface area contributed by atoms with E-state index >= 15 is 0 Å². The molecule has 2 unspecified atom stereocenters. The summed E-state index contributed by atoms with van der Waals surface area (Å²) in [4.78, 5) is 53.0. The highest BCUT2D eigenvalue weighted by Crippen LogP contribution is 2.26. The largest absolute Gasteiger partial charge is 0.468 e. The van der Waals surface area contributed by atoms with Gasteiger partial charge in [0.2, 0.25) is 11.8 Å². The van der Waals surface area contributed by atoms with Gasteiger partial charge in [-0.1, -0.05) is 45.0 Å². The van der Waals surface area contributed by atoms with E-state index in [1.54, 1.807) is 34.6 Å². The first-order chi connectivity index (χ1) is 16.7. The van der Waals surface area contributed by atoms with Gasteiger partial charge in [0.25, 0.3) is 0 Å². The van der Waals surface area contributed by atoms with Crippen LogP contribution in [0.3, 0.4) is 0 Å². The number of hydrogen-bond donors (Lipinski definition) is 2. The average Bonchev–Trinajstić information content (AvgIpc) is 2.78. The molecule has 36 heavy (non-hydrogen) atoms. The Morgan fingerprint density at radius 1 is 1.00 bits per heavy atom. The lowest BCUT2D eigenvalue weighted by molar-refractivity contribution is -0.146. The van der Waals surface area contributed by atoms with Crippen molar-refractivity contribution in [3.63, 3.8) is 0 Å². The molecule has 0 spiro atoms. The van der Waals surface area contributed by atoms with E-state index in [-0.39, 0.29) is 12.5 Å². The number of rotatable bonds is 11. The maximum Gasteiger partial charge on any atom is 0.408 e. The zero-order valence-electron chi connectivity index (χ0n) is 23.1. The molecule has 0 aromatic heterocycles. The number of carbonyl (C=O) groups is 4. The minimum absolute atomic E-state index is 0.0818. The lowest BCUT2D eigenvalue weighted by Gasteiger charge is -2.37. The molecule has 0 saturated carbocycles. The van der Waals surface area contributed by atoms with Crippen molar-refractivity contribution in [2.45, 2.75) is 92.0 Å². The highest BCUT2D eigenvalue weighted by Gasteiger charge is 2.38. The average molecular weight is 506 g/mol. The summed E-state index contributed by atoms with van der Waals surface area (Å²) in [6, 6.07) is 5.10. The summed E-state index contributed by atoms with van der Waals surface area (Å²) in [5, 5.41) is 5.29. The van der Waals surface area contributed by atoms with E-state index in [1.165, 1.54) is 12.0 Å². The number of amides is 3. The molecule has 9 nitrogen and oxygen atoms in total. The maximum absolute atomic E-state index is 13.9. The molecule has 1 aromatic carbocycles. The number of carbonyl (C=O) groups excluding carboxylic acids is 4. The van der Waals surface area contributed by atoms with Crippen LogP contribution in [0.5, 0.6) is 0 Å². The van der Waals surface area contributed by atoms with Crippen LogP contribution in [0, 0.1) is 5.92 Å². The number of methoxy groups -OCH3 is 1. The van der Waals surface area contributed by atoms with Gasteiger partial charge in [0.15, 0.2) is 0 Å². The Bertz CT molecular complexity index is 890. The summed E-state index contributed by atoms with van der Waals surface area (Å²) < 4.78 is 10.0. The number of nitrogens with one attached hydrogen (secondary N) is 2. The van der Waals surface area contributed by atoms with Crippen LogP contribution in [-0.4, -0.2) is 60.1 Å². The Hall–Kier alpha value is -3.10. The molecule has 2 atom stereocenters. The molecule has 0 aliphatic rings. The molecule has 0 saturated heterocycles. The standard InChI is InChI=1S/C27H43N3O6/c1-10-19-11-13-20(14-12-19)23(24(32)28-16-22(31)35-9)30(18(4)5)25(33)21(15-17(2)3)29-26(34)36-27(6,7)8/h11-14,17-18,21,23H,10,15-16H2,1-9H3,(H,28,32)(H,29,34). The quantitative estimate of drug-likeness (QED) is 0.443. The number of nitrogens with zero attached hydrogens (tertiary/aromatic N) is 1. The molecular formula is C27H43N3O6. The van der Waals surface area contributed by atoms with Crippen LogP contribution in [-0.2, 0) is 30.3 Å². The van der Waals surface area contributed by atoms with Crippen molar-refractivity contribution in [3.8, 4) is 0 Å². The summed E-state index contributed by atoms with van der Waals surface area (Å²) >= 11 is 0. The molecular weight excluding hydrogens is 462 g/mol. The fraction of sp³-hybridized carbons (Fsp3) is 0.630. The molecule has 1 aromatic rings. The van der Waals surface area contributed by atoms with Crippen LogP contribution < -0.4 is 10.6 Å². The summed E-state index contributed by atoms with van der Waals surface area (Å²) in [6.07, 6.45) is 0.471. The molecule has 202 valence electrons. The van der Waals surface area contributed by atoms with Crippen LogP contribution in [0.1, 0.15) is 79.0 Å². The van der Waals surface area contributed by atoms with Crippen molar-refractivity contribution in [1.82, 2.24) is 15.5 Å². The lowest BCUT2D eigenvalue weighted by Crippen LogP contribution is -2.55. The minimum atomic E-state index is -1.02. The Labute approximate surface area is 215 Å². The van der Waals surface area contributed by atoms with Crippen molar-refractivity contribution < 1.29 is 28.7 Å². The molecule has 0 fully saturated rings. The van der Waals surface area contributed by atoms with Crippen LogP contribution >= 0.6 is 0 Å². The van der Waals surface area contributed by atoms with Crippen molar-refractivity contribution in [2.24, 2.45) is 5.92 Å². The van der Waals surface area contributed by atoms with E-state index in [9.17, 15) is 19.2 Å². The van der Waals surface area contributed by atoms with Gasteiger partial charge in [-0.3, -0.25) is 14.4 Å².